The van der Waals surface area contributed by atoms with Crippen molar-refractivity contribution in [3.8, 4) is 11.9 Å². The van der Waals surface area contributed by atoms with Crippen molar-refractivity contribution >= 4 is 21.6 Å². The van der Waals surface area contributed by atoms with E-state index < -0.39 is 0 Å². The topological polar surface area (TPSA) is 57.9 Å². The van der Waals surface area contributed by atoms with Gasteiger partial charge in [0.05, 0.1) is 18.4 Å². The highest BCUT2D eigenvalue weighted by molar-refractivity contribution is 9.10. The van der Waals surface area contributed by atoms with E-state index in [0.29, 0.717) is 18.0 Å². The Morgan fingerprint density at radius 2 is 2.26 bits per heavy atom. The van der Waals surface area contributed by atoms with Gasteiger partial charge in [-0.05, 0) is 39.7 Å². The molecule has 0 aliphatic heterocycles. The lowest BCUT2D eigenvalue weighted by molar-refractivity contribution is 0.397. The Morgan fingerprint density at radius 1 is 1.42 bits per heavy atom. The number of rotatable bonds is 4. The Bertz CT molecular complexity index is 622. The number of pyridine rings is 1. The number of hydrogen-bond acceptors (Lipinski definition) is 4. The molecule has 5 heteroatoms. The quantitative estimate of drug-likeness (QED) is 0.939. The number of benzene rings is 1. The second kappa shape index (κ2) is 6.21. The summed E-state index contributed by atoms with van der Waals surface area (Å²) in [6.45, 7) is 0.601. The molecule has 0 saturated carbocycles. The first-order chi connectivity index (χ1) is 9.24. The first-order valence-electron chi connectivity index (χ1n) is 5.66. The molecule has 96 valence electrons. The van der Waals surface area contributed by atoms with Crippen LogP contribution < -0.4 is 10.1 Å². The monoisotopic (exact) mass is 317 g/mol. The van der Waals surface area contributed by atoms with Crippen LogP contribution in [0.1, 0.15) is 11.1 Å². The minimum atomic E-state index is 0.578. The molecule has 2 aromatic rings. The molecule has 1 N–H and O–H groups in total. The molecule has 0 aliphatic carbocycles. The number of hydrogen-bond donors (Lipinski definition) is 1. The van der Waals surface area contributed by atoms with Gasteiger partial charge in [0.25, 0.3) is 0 Å². The zero-order valence-electron chi connectivity index (χ0n) is 10.4. The summed E-state index contributed by atoms with van der Waals surface area (Å²) in [6, 6.07) is 11.5. The van der Waals surface area contributed by atoms with Crippen molar-refractivity contribution in [3.05, 3.63) is 52.1 Å². The van der Waals surface area contributed by atoms with E-state index in [4.69, 9.17) is 10.00 Å². The standard InChI is InChI=1S/C14H12BrN3O/c1-19-14-7-10(5-6-17-14)9-18-13-4-2-3-12(15)11(13)8-16/h2-7,18H,9H2,1H3. The number of nitrogens with zero attached hydrogens (tertiary/aromatic N) is 2. The number of aromatic nitrogens is 1. The highest BCUT2D eigenvalue weighted by Crippen LogP contribution is 2.24. The fourth-order valence-corrected chi connectivity index (χ4v) is 2.11. The number of ether oxygens (including phenoxy) is 1. The molecule has 4 nitrogen and oxygen atoms in total. The van der Waals surface area contributed by atoms with Crippen molar-refractivity contribution in [1.82, 2.24) is 4.98 Å². The predicted octanol–water partition coefficient (Wildman–Crippen LogP) is 3.34. The van der Waals surface area contributed by atoms with Gasteiger partial charge >= 0.3 is 0 Å². The van der Waals surface area contributed by atoms with Crippen molar-refractivity contribution in [2.24, 2.45) is 0 Å². The summed E-state index contributed by atoms with van der Waals surface area (Å²) in [4.78, 5) is 4.05. The van der Waals surface area contributed by atoms with Crippen LogP contribution in [0.2, 0.25) is 0 Å². The van der Waals surface area contributed by atoms with Gasteiger partial charge in [-0.2, -0.15) is 5.26 Å². The molecule has 1 aromatic heterocycles. The second-order valence-corrected chi connectivity index (χ2v) is 4.69. The van der Waals surface area contributed by atoms with Gasteiger partial charge < -0.3 is 10.1 Å². The van der Waals surface area contributed by atoms with E-state index in [9.17, 15) is 0 Å². The molecule has 1 heterocycles. The van der Waals surface area contributed by atoms with E-state index in [0.717, 1.165) is 15.7 Å². The zero-order valence-corrected chi connectivity index (χ0v) is 11.9. The highest BCUT2D eigenvalue weighted by Gasteiger charge is 2.05. The molecular weight excluding hydrogens is 306 g/mol. The van der Waals surface area contributed by atoms with Gasteiger partial charge in [-0.15, -0.1) is 0 Å². The summed E-state index contributed by atoms with van der Waals surface area (Å²) in [5.41, 5.74) is 2.44. The smallest absolute Gasteiger partial charge is 0.213 e. The van der Waals surface area contributed by atoms with Crippen LogP contribution in [0, 0.1) is 11.3 Å². The number of anilines is 1. The van der Waals surface area contributed by atoms with E-state index >= 15 is 0 Å². The van der Waals surface area contributed by atoms with Crippen LogP contribution in [0.5, 0.6) is 5.88 Å². The van der Waals surface area contributed by atoms with Crippen LogP contribution >= 0.6 is 15.9 Å². The lowest BCUT2D eigenvalue weighted by atomic mass is 10.2. The van der Waals surface area contributed by atoms with E-state index in [-0.39, 0.29) is 0 Å². The van der Waals surface area contributed by atoms with E-state index in [1.54, 1.807) is 13.3 Å². The van der Waals surface area contributed by atoms with Crippen LogP contribution in [0.15, 0.2) is 41.0 Å². The Kier molecular flexibility index (Phi) is 4.37. The number of methoxy groups -OCH3 is 1. The van der Waals surface area contributed by atoms with E-state index in [1.165, 1.54) is 0 Å². The summed E-state index contributed by atoms with van der Waals surface area (Å²) in [5, 5.41) is 12.4. The fraction of sp³-hybridized carbons (Fsp3) is 0.143. The number of nitriles is 1. The molecule has 19 heavy (non-hydrogen) atoms. The van der Waals surface area contributed by atoms with Crippen LogP contribution in [0.4, 0.5) is 5.69 Å². The van der Waals surface area contributed by atoms with Gasteiger partial charge in [-0.1, -0.05) is 6.07 Å². The van der Waals surface area contributed by atoms with Crippen LogP contribution in [0.25, 0.3) is 0 Å². The lowest BCUT2D eigenvalue weighted by Crippen LogP contribution is -2.02. The maximum absolute atomic E-state index is 9.13. The summed E-state index contributed by atoms with van der Waals surface area (Å²) in [7, 11) is 1.58. The largest absolute Gasteiger partial charge is 0.481 e. The normalized spacial score (nSPS) is 9.74. The fourth-order valence-electron chi connectivity index (χ4n) is 1.65. The van der Waals surface area contributed by atoms with Gasteiger partial charge in [0.15, 0.2) is 0 Å². The third-order valence-corrected chi connectivity index (χ3v) is 3.28. The summed E-state index contributed by atoms with van der Waals surface area (Å²) >= 11 is 3.36. The average Bonchev–Trinajstić information content (AvgIpc) is 2.45. The average molecular weight is 318 g/mol. The molecular formula is C14H12BrN3O. The minimum absolute atomic E-state index is 0.578. The summed E-state index contributed by atoms with van der Waals surface area (Å²) in [6.07, 6.45) is 1.70. The summed E-state index contributed by atoms with van der Waals surface area (Å²) < 4.78 is 5.86. The van der Waals surface area contributed by atoms with Crippen LogP contribution in [-0.4, -0.2) is 12.1 Å². The molecule has 2 rings (SSSR count). The van der Waals surface area contributed by atoms with E-state index in [1.807, 2.05) is 30.3 Å². The Labute approximate surface area is 120 Å². The number of halogens is 1. The zero-order chi connectivity index (χ0) is 13.7. The van der Waals surface area contributed by atoms with Crippen molar-refractivity contribution in [3.63, 3.8) is 0 Å². The maximum atomic E-state index is 9.13. The molecule has 0 radical (unpaired) electrons. The van der Waals surface area contributed by atoms with Gasteiger partial charge in [-0.3, -0.25) is 0 Å². The molecule has 0 bridgehead atoms. The molecule has 1 aromatic carbocycles. The third-order valence-electron chi connectivity index (χ3n) is 2.62. The van der Waals surface area contributed by atoms with Gasteiger partial charge in [-0.25, -0.2) is 4.98 Å². The lowest BCUT2D eigenvalue weighted by Gasteiger charge is -2.09. The minimum Gasteiger partial charge on any atom is -0.481 e. The predicted molar refractivity (Wildman–Crippen MR) is 77.0 cm³/mol. The molecule has 0 fully saturated rings. The maximum Gasteiger partial charge on any atom is 0.213 e. The first kappa shape index (κ1) is 13.4. The van der Waals surface area contributed by atoms with E-state index in [2.05, 4.69) is 32.3 Å². The van der Waals surface area contributed by atoms with Crippen molar-refractivity contribution in [2.75, 3.05) is 12.4 Å². The van der Waals surface area contributed by atoms with Crippen molar-refractivity contribution in [2.45, 2.75) is 6.54 Å². The molecule has 0 atom stereocenters. The van der Waals surface area contributed by atoms with Crippen molar-refractivity contribution < 1.29 is 4.74 Å². The molecule has 0 saturated heterocycles. The second-order valence-electron chi connectivity index (χ2n) is 3.83. The SMILES string of the molecule is COc1cc(CNc2cccc(Br)c2C#N)ccn1. The Hall–Kier alpha value is -2.06. The molecule has 0 aliphatic rings. The molecule has 0 spiro atoms. The van der Waals surface area contributed by atoms with Gasteiger partial charge in [0.1, 0.15) is 6.07 Å². The highest BCUT2D eigenvalue weighted by atomic mass is 79.9. The Morgan fingerprint density at radius 3 is 3.00 bits per heavy atom. The van der Waals surface area contributed by atoms with Crippen LogP contribution in [0.3, 0.4) is 0 Å². The molecule has 0 amide bonds. The van der Waals surface area contributed by atoms with Gasteiger partial charge in [0, 0.05) is 23.3 Å². The van der Waals surface area contributed by atoms with Gasteiger partial charge in [0.2, 0.25) is 5.88 Å². The third kappa shape index (κ3) is 3.24. The first-order valence-corrected chi connectivity index (χ1v) is 6.45. The molecule has 0 unspecified atom stereocenters. The van der Waals surface area contributed by atoms with Crippen LogP contribution in [-0.2, 0) is 6.54 Å². The Balaban J connectivity index is 2.15. The summed E-state index contributed by atoms with van der Waals surface area (Å²) in [5.74, 6) is 0.578. The number of nitrogens with one attached hydrogen (secondary N) is 1. The van der Waals surface area contributed by atoms with Crippen molar-refractivity contribution in [1.29, 1.82) is 5.26 Å².